The number of carbonyl (C=O) groups excluding carboxylic acids is 1. The third kappa shape index (κ3) is 2.30. The summed E-state index contributed by atoms with van der Waals surface area (Å²) < 4.78 is 0. The van der Waals surface area contributed by atoms with Gasteiger partial charge in [0.2, 0.25) is 0 Å². The molecule has 0 aliphatic heterocycles. The molecule has 0 aromatic rings. The lowest BCUT2D eigenvalue weighted by atomic mass is 9.45. The average molecular weight is 339 g/mol. The van der Waals surface area contributed by atoms with E-state index in [1.165, 1.54) is 17.6 Å². The van der Waals surface area contributed by atoms with Gasteiger partial charge in [-0.1, -0.05) is 31.1 Å². The highest BCUT2D eigenvalue weighted by Crippen LogP contribution is 2.67. The van der Waals surface area contributed by atoms with Gasteiger partial charge < -0.3 is 5.11 Å². The topological polar surface area (TPSA) is 41.7 Å². The van der Waals surface area contributed by atoms with E-state index in [2.05, 4.69) is 24.8 Å². The fraction of sp³-hybridized carbons (Fsp3) is 0.727. The molecular weight excluding hydrogens is 310 g/mol. The van der Waals surface area contributed by atoms with E-state index in [0.717, 1.165) is 25.7 Å². The van der Waals surface area contributed by atoms with Crippen LogP contribution >= 0.6 is 0 Å². The highest BCUT2D eigenvalue weighted by atomic mass is 16.3. The molecule has 0 spiro atoms. The maximum absolute atomic E-state index is 12.0. The number of hydrogen-bond acceptors (Lipinski definition) is 2. The van der Waals surface area contributed by atoms with Gasteiger partial charge in [-0.05, 0) is 66.6 Å². The molecule has 0 radical (unpaired) electrons. The number of fused-ring (bicyclic) bond motifs is 5. The van der Waals surface area contributed by atoms with Crippen LogP contribution in [0.25, 0.3) is 4.85 Å². The minimum absolute atomic E-state index is 0.0747. The monoisotopic (exact) mass is 339 g/mol. The van der Waals surface area contributed by atoms with Gasteiger partial charge in [0, 0.05) is 19.4 Å². The van der Waals surface area contributed by atoms with Gasteiger partial charge in [0.15, 0.2) is 6.20 Å². The van der Waals surface area contributed by atoms with Crippen LogP contribution in [0.2, 0.25) is 0 Å². The predicted molar refractivity (Wildman–Crippen MR) is 97.4 cm³/mol. The molecule has 134 valence electrons. The van der Waals surface area contributed by atoms with Crippen LogP contribution in [0.1, 0.15) is 58.8 Å². The molecule has 0 aromatic heterocycles. The van der Waals surface area contributed by atoms with Crippen molar-refractivity contribution < 1.29 is 9.90 Å². The summed E-state index contributed by atoms with van der Waals surface area (Å²) in [6.07, 6.45) is 10.7. The Morgan fingerprint density at radius 3 is 2.88 bits per heavy atom. The summed E-state index contributed by atoms with van der Waals surface area (Å²) in [7, 11) is 0. The molecule has 0 bridgehead atoms. The van der Waals surface area contributed by atoms with Gasteiger partial charge in [-0.2, -0.15) is 0 Å². The van der Waals surface area contributed by atoms with E-state index in [0.29, 0.717) is 36.4 Å². The molecule has 3 heteroatoms. The zero-order valence-corrected chi connectivity index (χ0v) is 15.4. The Morgan fingerprint density at radius 1 is 1.36 bits per heavy atom. The molecule has 4 rings (SSSR count). The Hall–Kier alpha value is -1.40. The van der Waals surface area contributed by atoms with E-state index in [9.17, 15) is 9.90 Å². The van der Waals surface area contributed by atoms with Gasteiger partial charge in [0.25, 0.3) is 0 Å². The van der Waals surface area contributed by atoms with E-state index in [4.69, 9.17) is 6.57 Å². The molecule has 0 heterocycles. The van der Waals surface area contributed by atoms with E-state index in [1.807, 2.05) is 0 Å². The zero-order chi connectivity index (χ0) is 17.8. The van der Waals surface area contributed by atoms with Crippen LogP contribution in [-0.4, -0.2) is 17.5 Å². The molecule has 0 unspecified atom stereocenters. The first-order valence-corrected chi connectivity index (χ1v) is 9.82. The SMILES string of the molecule is [C-]#[N+]/C=C1/CC[C@H]2[C@@H]3CC=C4CC(=O)CC[C@]4(C)[C@H]3[C@@H](CO)C[C@]12C. The lowest BCUT2D eigenvalue weighted by Crippen LogP contribution is -2.54. The first-order chi connectivity index (χ1) is 11.9. The molecule has 1 N–H and O–H groups in total. The summed E-state index contributed by atoms with van der Waals surface area (Å²) in [4.78, 5) is 15.6. The van der Waals surface area contributed by atoms with Gasteiger partial charge in [-0.15, -0.1) is 0 Å². The molecule has 25 heavy (non-hydrogen) atoms. The van der Waals surface area contributed by atoms with Crippen LogP contribution in [-0.2, 0) is 4.79 Å². The van der Waals surface area contributed by atoms with Gasteiger partial charge in [0.1, 0.15) is 5.78 Å². The van der Waals surface area contributed by atoms with Crippen molar-refractivity contribution in [2.45, 2.75) is 58.8 Å². The second-order valence-corrected chi connectivity index (χ2v) is 9.28. The van der Waals surface area contributed by atoms with E-state index >= 15 is 0 Å². The molecule has 6 atom stereocenters. The maximum atomic E-state index is 12.0. The summed E-state index contributed by atoms with van der Waals surface area (Å²) in [6, 6.07) is 0. The van der Waals surface area contributed by atoms with Gasteiger partial charge in [-0.3, -0.25) is 4.79 Å². The Labute approximate surface area is 151 Å². The van der Waals surface area contributed by atoms with E-state index in [-0.39, 0.29) is 23.4 Å². The van der Waals surface area contributed by atoms with Crippen LogP contribution in [0.5, 0.6) is 0 Å². The first kappa shape index (κ1) is 17.0. The highest BCUT2D eigenvalue weighted by molar-refractivity contribution is 5.82. The molecule has 4 aliphatic carbocycles. The average Bonchev–Trinajstić information content (AvgIpc) is 2.91. The molecule has 3 saturated carbocycles. The standard InChI is InChI=1S/C22H29NO2/c1-21-9-8-17(25)10-15(21)4-6-18-19-7-5-16(12-23-3)22(19,2)11-14(13-24)20(18)21/h4,12,14,18-20,24H,5-11,13H2,1-2H3/b16-12-/t14-,18+,19+,20+,21+,22-/m1/s1. The van der Waals surface area contributed by atoms with Crippen LogP contribution in [0.4, 0.5) is 0 Å². The van der Waals surface area contributed by atoms with Crippen LogP contribution in [0, 0.1) is 41.1 Å². The number of aliphatic hydroxyl groups is 1. The molecule has 0 aromatic carbocycles. The minimum Gasteiger partial charge on any atom is -0.396 e. The Bertz CT molecular complexity index is 699. The Kier molecular flexibility index (Phi) is 3.96. The van der Waals surface area contributed by atoms with Crippen molar-refractivity contribution in [3.05, 3.63) is 34.8 Å². The van der Waals surface area contributed by atoms with Crippen molar-refractivity contribution in [3.63, 3.8) is 0 Å². The highest BCUT2D eigenvalue weighted by Gasteiger charge is 2.60. The Balaban J connectivity index is 1.77. The number of carbonyl (C=O) groups is 1. The third-order valence-electron chi connectivity index (χ3n) is 8.32. The summed E-state index contributed by atoms with van der Waals surface area (Å²) in [5.74, 6) is 2.33. The van der Waals surface area contributed by atoms with Crippen molar-refractivity contribution in [3.8, 4) is 0 Å². The van der Waals surface area contributed by atoms with Gasteiger partial charge in [-0.25, -0.2) is 4.85 Å². The number of ketones is 1. The first-order valence-electron chi connectivity index (χ1n) is 9.82. The zero-order valence-electron chi connectivity index (χ0n) is 15.4. The number of Topliss-reactive ketones (excluding diaryl/α,β-unsaturated/α-hetero) is 1. The molecule has 0 amide bonds. The van der Waals surface area contributed by atoms with Crippen molar-refractivity contribution in [2.75, 3.05) is 6.61 Å². The molecular formula is C22H29NO2. The molecule has 3 fully saturated rings. The van der Waals surface area contributed by atoms with Gasteiger partial charge >= 0.3 is 0 Å². The fourth-order valence-electron chi connectivity index (χ4n) is 7.19. The third-order valence-corrected chi connectivity index (χ3v) is 8.32. The van der Waals surface area contributed by atoms with Crippen molar-refractivity contribution >= 4 is 5.78 Å². The number of nitrogens with zero attached hydrogens (tertiary/aromatic N) is 1. The molecule has 0 saturated heterocycles. The normalized spacial score (nSPS) is 47.5. The lowest BCUT2D eigenvalue weighted by molar-refractivity contribution is -0.124. The minimum atomic E-state index is 0.0747. The smallest absolute Gasteiger partial charge is 0.154 e. The second kappa shape index (κ2) is 5.81. The quantitative estimate of drug-likeness (QED) is 0.563. The number of aliphatic hydroxyl groups excluding tert-OH is 1. The molecule has 4 aliphatic rings. The van der Waals surface area contributed by atoms with E-state index < -0.39 is 0 Å². The number of hydrogen-bond donors (Lipinski definition) is 1. The molecule has 3 nitrogen and oxygen atoms in total. The van der Waals surface area contributed by atoms with Gasteiger partial charge in [0.05, 0.1) is 6.57 Å². The van der Waals surface area contributed by atoms with Crippen LogP contribution in [0.3, 0.4) is 0 Å². The summed E-state index contributed by atoms with van der Waals surface area (Å²) in [5.41, 5.74) is 2.81. The summed E-state index contributed by atoms with van der Waals surface area (Å²) >= 11 is 0. The largest absolute Gasteiger partial charge is 0.396 e. The maximum Gasteiger partial charge on any atom is 0.154 e. The van der Waals surface area contributed by atoms with Crippen molar-refractivity contribution in [2.24, 2.45) is 34.5 Å². The lowest BCUT2D eigenvalue weighted by Gasteiger charge is -2.59. The predicted octanol–water partition coefficient (Wildman–Crippen LogP) is 4.54. The van der Waals surface area contributed by atoms with Crippen molar-refractivity contribution in [1.29, 1.82) is 0 Å². The van der Waals surface area contributed by atoms with E-state index in [1.54, 1.807) is 6.20 Å². The summed E-state index contributed by atoms with van der Waals surface area (Å²) in [5, 5.41) is 10.3. The van der Waals surface area contributed by atoms with Crippen molar-refractivity contribution in [1.82, 2.24) is 0 Å². The fourth-order valence-corrected chi connectivity index (χ4v) is 7.19. The number of allylic oxidation sites excluding steroid dienone is 3. The number of rotatable bonds is 1. The van der Waals surface area contributed by atoms with Crippen LogP contribution in [0.15, 0.2) is 23.4 Å². The Morgan fingerprint density at radius 2 is 2.16 bits per heavy atom. The second-order valence-electron chi connectivity index (χ2n) is 9.28. The summed E-state index contributed by atoms with van der Waals surface area (Å²) in [6.45, 7) is 12.2. The van der Waals surface area contributed by atoms with Crippen LogP contribution < -0.4 is 0 Å².